The lowest BCUT2D eigenvalue weighted by Crippen LogP contribution is -2.53. The van der Waals surface area contributed by atoms with E-state index >= 15 is 0 Å². The number of hydrogen-bond donors (Lipinski definition) is 1. The third-order valence-electron chi connectivity index (χ3n) is 2.96. The van der Waals surface area contributed by atoms with Crippen molar-refractivity contribution < 1.29 is 9.47 Å². The van der Waals surface area contributed by atoms with E-state index in [4.69, 9.17) is 21.1 Å². The van der Waals surface area contributed by atoms with E-state index < -0.39 is 0 Å². The Bertz CT molecular complexity index is 157. The van der Waals surface area contributed by atoms with Gasteiger partial charge < -0.3 is 14.8 Å². The van der Waals surface area contributed by atoms with Crippen LogP contribution in [0.4, 0.5) is 0 Å². The van der Waals surface area contributed by atoms with Gasteiger partial charge in [0.2, 0.25) is 0 Å². The minimum atomic E-state index is 0.244. The monoisotopic (exact) mass is 235 g/mol. The zero-order chi connectivity index (χ0) is 11.0. The van der Waals surface area contributed by atoms with Crippen LogP contribution in [0, 0.1) is 0 Å². The summed E-state index contributed by atoms with van der Waals surface area (Å²) in [5.41, 5.74) is 0.244. The van der Waals surface area contributed by atoms with Crippen molar-refractivity contribution in [2.45, 2.75) is 31.2 Å². The third-order valence-corrected chi connectivity index (χ3v) is 3.48. The molecule has 1 N–H and O–H groups in total. The van der Waals surface area contributed by atoms with E-state index in [2.05, 4.69) is 5.32 Å². The number of rotatable bonds is 9. The molecule has 1 saturated carbocycles. The predicted molar refractivity (Wildman–Crippen MR) is 62.6 cm³/mol. The first-order valence-electron chi connectivity index (χ1n) is 5.71. The molecule has 0 radical (unpaired) electrons. The molecule has 1 fully saturated rings. The summed E-state index contributed by atoms with van der Waals surface area (Å²) >= 11 is 5.93. The van der Waals surface area contributed by atoms with Crippen molar-refractivity contribution in [1.29, 1.82) is 0 Å². The third kappa shape index (κ3) is 4.68. The van der Waals surface area contributed by atoms with Crippen LogP contribution in [0.5, 0.6) is 0 Å². The SMILES string of the molecule is COCCOCCCNC1(CCl)CCC1. The van der Waals surface area contributed by atoms with Crippen LogP contribution < -0.4 is 5.32 Å². The van der Waals surface area contributed by atoms with Gasteiger partial charge in [0.1, 0.15) is 0 Å². The summed E-state index contributed by atoms with van der Waals surface area (Å²) in [6, 6.07) is 0. The Morgan fingerprint density at radius 3 is 2.60 bits per heavy atom. The number of alkyl halides is 1. The van der Waals surface area contributed by atoms with Crippen LogP contribution >= 0.6 is 11.6 Å². The first-order chi connectivity index (χ1) is 7.33. The van der Waals surface area contributed by atoms with Gasteiger partial charge in [-0.15, -0.1) is 11.6 Å². The molecule has 0 spiro atoms. The van der Waals surface area contributed by atoms with Crippen LogP contribution in [0.15, 0.2) is 0 Å². The maximum absolute atomic E-state index is 5.93. The number of methoxy groups -OCH3 is 1. The van der Waals surface area contributed by atoms with Gasteiger partial charge in [-0.3, -0.25) is 0 Å². The van der Waals surface area contributed by atoms with Crippen LogP contribution in [0.25, 0.3) is 0 Å². The fourth-order valence-electron chi connectivity index (χ4n) is 1.73. The molecule has 4 heteroatoms. The Morgan fingerprint density at radius 2 is 2.07 bits per heavy atom. The molecule has 0 atom stereocenters. The molecule has 3 nitrogen and oxygen atoms in total. The van der Waals surface area contributed by atoms with Crippen LogP contribution in [-0.2, 0) is 9.47 Å². The van der Waals surface area contributed by atoms with Gasteiger partial charge in [-0.1, -0.05) is 0 Å². The first-order valence-corrected chi connectivity index (χ1v) is 6.24. The molecule has 0 heterocycles. The minimum absolute atomic E-state index is 0.244. The molecule has 1 aliphatic carbocycles. The highest BCUT2D eigenvalue weighted by Gasteiger charge is 2.34. The molecule has 0 aromatic carbocycles. The van der Waals surface area contributed by atoms with E-state index in [0.29, 0.717) is 13.2 Å². The molecule has 0 aromatic rings. The van der Waals surface area contributed by atoms with Crippen LogP contribution in [0.1, 0.15) is 25.7 Å². The summed E-state index contributed by atoms with van der Waals surface area (Å²) in [5.74, 6) is 0.734. The molecule has 0 amide bonds. The standard InChI is InChI=1S/C11H22ClNO2/c1-14-8-9-15-7-3-6-13-11(10-12)4-2-5-11/h13H,2-10H2,1H3. The summed E-state index contributed by atoms with van der Waals surface area (Å²) in [5, 5.41) is 3.53. The van der Waals surface area contributed by atoms with E-state index in [9.17, 15) is 0 Å². The molecule has 15 heavy (non-hydrogen) atoms. The number of halogens is 1. The largest absolute Gasteiger partial charge is 0.382 e. The topological polar surface area (TPSA) is 30.5 Å². The number of nitrogens with one attached hydrogen (secondary N) is 1. The molecule has 90 valence electrons. The van der Waals surface area contributed by atoms with Gasteiger partial charge in [-0.2, -0.15) is 0 Å². The van der Waals surface area contributed by atoms with Gasteiger partial charge in [-0.25, -0.2) is 0 Å². The van der Waals surface area contributed by atoms with E-state index in [1.807, 2.05) is 0 Å². The average molecular weight is 236 g/mol. The molecule has 0 unspecified atom stereocenters. The van der Waals surface area contributed by atoms with Crippen molar-refractivity contribution in [1.82, 2.24) is 5.32 Å². The molecule has 1 rings (SSSR count). The normalized spacial score (nSPS) is 18.8. The summed E-state index contributed by atoms with van der Waals surface area (Å²) in [4.78, 5) is 0. The van der Waals surface area contributed by atoms with E-state index in [-0.39, 0.29) is 5.54 Å². The van der Waals surface area contributed by atoms with Crippen molar-refractivity contribution in [2.24, 2.45) is 0 Å². The fourth-order valence-corrected chi connectivity index (χ4v) is 2.10. The lowest BCUT2D eigenvalue weighted by atomic mass is 9.78. The van der Waals surface area contributed by atoms with Gasteiger partial charge in [0.25, 0.3) is 0 Å². The second-order valence-corrected chi connectivity index (χ2v) is 4.42. The van der Waals surface area contributed by atoms with Gasteiger partial charge in [0.05, 0.1) is 13.2 Å². The van der Waals surface area contributed by atoms with Crippen molar-refractivity contribution in [3.05, 3.63) is 0 Å². The lowest BCUT2D eigenvalue weighted by molar-refractivity contribution is 0.0678. The van der Waals surface area contributed by atoms with E-state index in [1.165, 1.54) is 19.3 Å². The highest BCUT2D eigenvalue weighted by Crippen LogP contribution is 2.32. The quantitative estimate of drug-likeness (QED) is 0.488. The summed E-state index contributed by atoms with van der Waals surface area (Å²) in [7, 11) is 1.69. The van der Waals surface area contributed by atoms with Gasteiger partial charge in [0, 0.05) is 25.1 Å². The van der Waals surface area contributed by atoms with Crippen molar-refractivity contribution in [3.63, 3.8) is 0 Å². The lowest BCUT2D eigenvalue weighted by Gasteiger charge is -2.41. The molecule has 1 aliphatic rings. The maximum Gasteiger partial charge on any atom is 0.0700 e. The molecule has 0 bridgehead atoms. The molecule has 0 aromatic heterocycles. The van der Waals surface area contributed by atoms with Gasteiger partial charge in [0.15, 0.2) is 0 Å². The first kappa shape index (κ1) is 13.2. The summed E-state index contributed by atoms with van der Waals surface area (Å²) in [6.07, 6.45) is 4.80. The van der Waals surface area contributed by atoms with Gasteiger partial charge >= 0.3 is 0 Å². The Morgan fingerprint density at radius 1 is 1.27 bits per heavy atom. The van der Waals surface area contributed by atoms with Crippen LogP contribution in [0.2, 0.25) is 0 Å². The summed E-state index contributed by atoms with van der Waals surface area (Å²) in [6.45, 7) is 3.17. The molecular formula is C11H22ClNO2. The van der Waals surface area contributed by atoms with Crippen molar-refractivity contribution in [2.75, 3.05) is 39.4 Å². The Hall–Kier alpha value is 0.170. The minimum Gasteiger partial charge on any atom is -0.382 e. The second-order valence-electron chi connectivity index (χ2n) is 4.15. The second kappa shape index (κ2) is 7.44. The van der Waals surface area contributed by atoms with E-state index in [1.54, 1.807) is 7.11 Å². The Balaban J connectivity index is 1.88. The highest BCUT2D eigenvalue weighted by atomic mass is 35.5. The molecule has 0 aliphatic heterocycles. The number of hydrogen-bond acceptors (Lipinski definition) is 3. The van der Waals surface area contributed by atoms with Gasteiger partial charge in [-0.05, 0) is 32.2 Å². The number of ether oxygens (including phenoxy) is 2. The molecule has 0 saturated heterocycles. The average Bonchev–Trinajstić information content (AvgIpc) is 2.20. The van der Waals surface area contributed by atoms with Crippen LogP contribution in [-0.4, -0.2) is 44.9 Å². The Kier molecular flexibility index (Phi) is 6.57. The smallest absolute Gasteiger partial charge is 0.0700 e. The summed E-state index contributed by atoms with van der Waals surface area (Å²) < 4.78 is 10.3. The van der Waals surface area contributed by atoms with Crippen molar-refractivity contribution in [3.8, 4) is 0 Å². The molecular weight excluding hydrogens is 214 g/mol. The fraction of sp³-hybridized carbons (Fsp3) is 1.00. The zero-order valence-corrected chi connectivity index (χ0v) is 10.3. The Labute approximate surface area is 97.5 Å². The highest BCUT2D eigenvalue weighted by molar-refractivity contribution is 6.18. The van der Waals surface area contributed by atoms with E-state index in [0.717, 1.165) is 25.5 Å². The zero-order valence-electron chi connectivity index (χ0n) is 9.56. The van der Waals surface area contributed by atoms with Crippen LogP contribution in [0.3, 0.4) is 0 Å². The van der Waals surface area contributed by atoms with Crippen molar-refractivity contribution >= 4 is 11.6 Å². The predicted octanol–water partition coefficient (Wildman–Crippen LogP) is 1.79. The maximum atomic E-state index is 5.93.